The first-order chi connectivity index (χ1) is 7.29. The quantitative estimate of drug-likeness (QED) is 0.868. The molecule has 1 N–H and O–H groups in total. The van der Waals surface area contributed by atoms with E-state index in [0.717, 1.165) is 5.69 Å². The fourth-order valence-electron chi connectivity index (χ4n) is 1.06. The average Bonchev–Trinajstić information content (AvgIpc) is 2.69. The molecule has 15 heavy (non-hydrogen) atoms. The van der Waals surface area contributed by atoms with Crippen molar-refractivity contribution < 1.29 is 0 Å². The Hall–Kier alpha value is -1.57. The first-order valence-electron chi connectivity index (χ1n) is 4.17. The molecule has 0 atom stereocenters. The SMILES string of the molecule is N#Cc1cnc(Nc2ccccc2Cl)s1. The Morgan fingerprint density at radius 1 is 1.40 bits per heavy atom. The highest BCUT2D eigenvalue weighted by atomic mass is 35.5. The molecule has 0 bridgehead atoms. The fourth-order valence-corrected chi connectivity index (χ4v) is 1.87. The van der Waals surface area contributed by atoms with Gasteiger partial charge in [0.05, 0.1) is 16.9 Å². The molecule has 1 heterocycles. The predicted octanol–water partition coefficient (Wildman–Crippen LogP) is 3.41. The summed E-state index contributed by atoms with van der Waals surface area (Å²) in [6.07, 6.45) is 1.53. The van der Waals surface area contributed by atoms with Crippen LogP contribution in [0.3, 0.4) is 0 Å². The number of nitrogens with zero attached hydrogens (tertiary/aromatic N) is 2. The van der Waals surface area contributed by atoms with E-state index in [1.807, 2.05) is 24.3 Å². The molecule has 1 aromatic carbocycles. The second kappa shape index (κ2) is 4.30. The number of hydrogen-bond donors (Lipinski definition) is 1. The molecule has 0 aliphatic heterocycles. The Bertz CT molecular complexity index is 515. The molecule has 5 heteroatoms. The monoisotopic (exact) mass is 235 g/mol. The predicted molar refractivity (Wildman–Crippen MR) is 61.6 cm³/mol. The van der Waals surface area contributed by atoms with Crippen molar-refractivity contribution >= 4 is 33.8 Å². The molecule has 0 spiro atoms. The third-order valence-electron chi connectivity index (χ3n) is 1.73. The Kier molecular flexibility index (Phi) is 2.86. The zero-order chi connectivity index (χ0) is 10.7. The molecule has 0 saturated carbocycles. The van der Waals surface area contributed by atoms with Crippen molar-refractivity contribution in [1.82, 2.24) is 4.98 Å². The lowest BCUT2D eigenvalue weighted by Gasteiger charge is -2.03. The number of anilines is 2. The van der Waals surface area contributed by atoms with E-state index in [2.05, 4.69) is 10.3 Å². The van der Waals surface area contributed by atoms with Crippen molar-refractivity contribution in [3.63, 3.8) is 0 Å². The summed E-state index contributed by atoms with van der Waals surface area (Å²) in [7, 11) is 0. The van der Waals surface area contributed by atoms with Crippen LogP contribution in [0.5, 0.6) is 0 Å². The van der Waals surface area contributed by atoms with E-state index >= 15 is 0 Å². The molecule has 0 aliphatic rings. The zero-order valence-electron chi connectivity index (χ0n) is 7.57. The van der Waals surface area contributed by atoms with Crippen molar-refractivity contribution in [2.24, 2.45) is 0 Å². The van der Waals surface area contributed by atoms with E-state index in [-0.39, 0.29) is 0 Å². The summed E-state index contributed by atoms with van der Waals surface area (Å²) in [5.41, 5.74) is 0.790. The van der Waals surface area contributed by atoms with Crippen molar-refractivity contribution in [2.75, 3.05) is 5.32 Å². The molecule has 0 aliphatic carbocycles. The minimum absolute atomic E-state index is 0.574. The Balaban J connectivity index is 2.23. The summed E-state index contributed by atoms with van der Waals surface area (Å²) in [6, 6.07) is 9.42. The molecule has 0 amide bonds. The summed E-state index contributed by atoms with van der Waals surface area (Å²) >= 11 is 7.26. The third-order valence-corrected chi connectivity index (χ3v) is 2.88. The summed E-state index contributed by atoms with van der Waals surface area (Å²) < 4.78 is 0. The average molecular weight is 236 g/mol. The number of benzene rings is 1. The highest BCUT2D eigenvalue weighted by Gasteiger charge is 2.03. The van der Waals surface area contributed by atoms with Crippen LogP contribution in [0.1, 0.15) is 4.88 Å². The smallest absolute Gasteiger partial charge is 0.188 e. The Morgan fingerprint density at radius 3 is 2.87 bits per heavy atom. The maximum Gasteiger partial charge on any atom is 0.188 e. The van der Waals surface area contributed by atoms with Crippen LogP contribution >= 0.6 is 22.9 Å². The van der Waals surface area contributed by atoms with Crippen LogP contribution in [0.2, 0.25) is 5.02 Å². The Morgan fingerprint density at radius 2 is 2.20 bits per heavy atom. The molecule has 1 aromatic heterocycles. The lowest BCUT2D eigenvalue weighted by atomic mass is 10.3. The van der Waals surface area contributed by atoms with Crippen LogP contribution in [-0.2, 0) is 0 Å². The maximum atomic E-state index is 8.64. The van der Waals surface area contributed by atoms with Crippen LogP contribution in [0.25, 0.3) is 0 Å². The molecule has 2 aromatic rings. The van der Waals surface area contributed by atoms with Gasteiger partial charge in [-0.2, -0.15) is 5.26 Å². The molecular formula is C10H6ClN3S. The number of nitriles is 1. The van der Waals surface area contributed by atoms with Gasteiger partial charge in [0, 0.05) is 0 Å². The summed E-state index contributed by atoms with van der Waals surface area (Å²) in [6.45, 7) is 0. The molecule has 74 valence electrons. The van der Waals surface area contributed by atoms with Crippen LogP contribution in [0.4, 0.5) is 10.8 Å². The van der Waals surface area contributed by atoms with E-state index in [4.69, 9.17) is 16.9 Å². The maximum absolute atomic E-state index is 8.64. The first kappa shape index (κ1) is 9.97. The number of hydrogen-bond acceptors (Lipinski definition) is 4. The van der Waals surface area contributed by atoms with Crippen molar-refractivity contribution in [2.45, 2.75) is 0 Å². The second-order valence-electron chi connectivity index (χ2n) is 2.75. The van der Waals surface area contributed by atoms with Gasteiger partial charge in [0.25, 0.3) is 0 Å². The number of halogens is 1. The lowest BCUT2D eigenvalue weighted by molar-refractivity contribution is 1.38. The van der Waals surface area contributed by atoms with E-state index in [9.17, 15) is 0 Å². The van der Waals surface area contributed by atoms with Gasteiger partial charge in [-0.05, 0) is 12.1 Å². The van der Waals surface area contributed by atoms with Gasteiger partial charge in [0.2, 0.25) is 0 Å². The van der Waals surface area contributed by atoms with Gasteiger partial charge >= 0.3 is 0 Å². The first-order valence-corrected chi connectivity index (χ1v) is 5.36. The fraction of sp³-hybridized carbons (Fsp3) is 0. The van der Waals surface area contributed by atoms with Crippen molar-refractivity contribution in [1.29, 1.82) is 5.26 Å². The van der Waals surface area contributed by atoms with Gasteiger partial charge in [0.15, 0.2) is 5.13 Å². The Labute approximate surface area is 96.0 Å². The molecule has 3 nitrogen and oxygen atoms in total. The number of thiazole rings is 1. The molecule has 0 fully saturated rings. The van der Waals surface area contributed by atoms with Gasteiger partial charge in [-0.1, -0.05) is 35.1 Å². The number of nitrogens with one attached hydrogen (secondary N) is 1. The van der Waals surface area contributed by atoms with Crippen LogP contribution in [0.15, 0.2) is 30.5 Å². The summed E-state index contributed by atoms with van der Waals surface area (Å²) in [4.78, 5) is 4.62. The molecule has 0 unspecified atom stereocenters. The largest absolute Gasteiger partial charge is 0.330 e. The summed E-state index contributed by atoms with van der Waals surface area (Å²) in [5, 5.41) is 13.0. The van der Waals surface area contributed by atoms with Crippen LogP contribution in [0, 0.1) is 11.3 Å². The number of aromatic nitrogens is 1. The lowest BCUT2D eigenvalue weighted by Crippen LogP contribution is -1.88. The van der Waals surface area contributed by atoms with Crippen LogP contribution in [-0.4, -0.2) is 4.98 Å². The standard InChI is InChI=1S/C10H6ClN3S/c11-8-3-1-2-4-9(8)14-10-13-6-7(5-12)15-10/h1-4,6H,(H,13,14). The third kappa shape index (κ3) is 2.27. The normalized spacial score (nSPS) is 9.60. The highest BCUT2D eigenvalue weighted by molar-refractivity contribution is 7.16. The highest BCUT2D eigenvalue weighted by Crippen LogP contribution is 2.27. The van der Waals surface area contributed by atoms with E-state index in [1.54, 1.807) is 6.07 Å². The molecule has 0 saturated heterocycles. The van der Waals surface area contributed by atoms with Gasteiger partial charge in [-0.3, -0.25) is 0 Å². The molecule has 2 rings (SSSR count). The van der Waals surface area contributed by atoms with Crippen molar-refractivity contribution in [3.05, 3.63) is 40.4 Å². The number of para-hydroxylation sites is 1. The summed E-state index contributed by atoms with van der Waals surface area (Å²) in [5.74, 6) is 0. The second-order valence-corrected chi connectivity index (χ2v) is 4.18. The minimum Gasteiger partial charge on any atom is -0.330 e. The van der Waals surface area contributed by atoms with Crippen molar-refractivity contribution in [3.8, 4) is 6.07 Å². The number of rotatable bonds is 2. The van der Waals surface area contributed by atoms with E-state index in [1.165, 1.54) is 17.5 Å². The van der Waals surface area contributed by atoms with Crippen LogP contribution < -0.4 is 5.32 Å². The van der Waals surface area contributed by atoms with Gasteiger partial charge < -0.3 is 5.32 Å². The van der Waals surface area contributed by atoms with E-state index in [0.29, 0.717) is 15.0 Å². The van der Waals surface area contributed by atoms with Gasteiger partial charge in [0.1, 0.15) is 10.9 Å². The molecule has 0 radical (unpaired) electrons. The van der Waals surface area contributed by atoms with Gasteiger partial charge in [-0.15, -0.1) is 0 Å². The van der Waals surface area contributed by atoms with Gasteiger partial charge in [-0.25, -0.2) is 4.98 Å². The topological polar surface area (TPSA) is 48.7 Å². The zero-order valence-corrected chi connectivity index (χ0v) is 9.14. The molecular weight excluding hydrogens is 230 g/mol. The van der Waals surface area contributed by atoms with E-state index < -0.39 is 0 Å². The minimum atomic E-state index is 0.574.